The number of rotatable bonds is 7. The van der Waals surface area contributed by atoms with E-state index in [-0.39, 0.29) is 12.6 Å². The monoisotopic (exact) mass is 312 g/mol. The molecule has 1 aliphatic heterocycles. The highest BCUT2D eigenvalue weighted by Crippen LogP contribution is 2.32. The molecule has 0 amide bonds. The first-order valence-corrected chi connectivity index (χ1v) is 8.00. The van der Waals surface area contributed by atoms with Crippen molar-refractivity contribution in [3.8, 4) is 0 Å². The predicted molar refractivity (Wildman–Crippen MR) is 87.1 cm³/mol. The maximum atomic E-state index is 9.62. The van der Waals surface area contributed by atoms with Crippen LogP contribution in [0.15, 0.2) is 18.2 Å². The van der Waals surface area contributed by atoms with Gasteiger partial charge in [-0.05, 0) is 31.4 Å². The highest BCUT2D eigenvalue weighted by atomic mass is 35.5. The minimum absolute atomic E-state index is 0.197. The van der Waals surface area contributed by atoms with Crippen molar-refractivity contribution in [1.82, 2.24) is 5.32 Å². The molecule has 0 saturated carbocycles. The van der Waals surface area contributed by atoms with E-state index in [4.69, 9.17) is 16.3 Å². The van der Waals surface area contributed by atoms with Gasteiger partial charge in [0.2, 0.25) is 0 Å². The smallest absolute Gasteiger partial charge is 0.0635 e. The summed E-state index contributed by atoms with van der Waals surface area (Å²) in [4.78, 5) is 2.31. The molecule has 5 heteroatoms. The van der Waals surface area contributed by atoms with Gasteiger partial charge in [0.05, 0.1) is 19.3 Å². The van der Waals surface area contributed by atoms with Crippen molar-refractivity contribution in [2.75, 3.05) is 38.3 Å². The second-order valence-corrected chi connectivity index (χ2v) is 5.84. The predicted octanol–water partition coefficient (Wildman–Crippen LogP) is 2.43. The van der Waals surface area contributed by atoms with Crippen LogP contribution in [0.25, 0.3) is 0 Å². The van der Waals surface area contributed by atoms with Crippen LogP contribution in [-0.2, 0) is 11.3 Å². The lowest BCUT2D eigenvalue weighted by Gasteiger charge is -2.38. The van der Waals surface area contributed by atoms with Crippen molar-refractivity contribution in [3.05, 3.63) is 28.8 Å². The number of aliphatic hydroxyl groups excluding tert-OH is 1. The van der Waals surface area contributed by atoms with E-state index in [0.717, 1.165) is 35.8 Å². The SMILES string of the molecule is COCCNCc1c(Cl)cccc1N1CCCCC1CO. The topological polar surface area (TPSA) is 44.7 Å². The fourth-order valence-corrected chi connectivity index (χ4v) is 3.12. The number of piperidine rings is 1. The van der Waals surface area contributed by atoms with Gasteiger partial charge in [-0.3, -0.25) is 0 Å². The summed E-state index contributed by atoms with van der Waals surface area (Å²) in [5, 5.41) is 13.8. The van der Waals surface area contributed by atoms with Crippen molar-refractivity contribution in [1.29, 1.82) is 0 Å². The molecule has 4 nitrogen and oxygen atoms in total. The van der Waals surface area contributed by atoms with E-state index in [1.54, 1.807) is 7.11 Å². The molecule has 1 aliphatic rings. The van der Waals surface area contributed by atoms with Gasteiger partial charge in [0.25, 0.3) is 0 Å². The van der Waals surface area contributed by atoms with Gasteiger partial charge in [0.1, 0.15) is 0 Å². The Bertz CT molecular complexity index is 442. The summed E-state index contributed by atoms with van der Waals surface area (Å²) in [5.41, 5.74) is 2.25. The van der Waals surface area contributed by atoms with Gasteiger partial charge in [-0.25, -0.2) is 0 Å². The molecule has 1 saturated heterocycles. The van der Waals surface area contributed by atoms with Crippen LogP contribution in [0.3, 0.4) is 0 Å². The fourth-order valence-electron chi connectivity index (χ4n) is 2.89. The first-order valence-electron chi connectivity index (χ1n) is 7.62. The van der Waals surface area contributed by atoms with E-state index < -0.39 is 0 Å². The number of methoxy groups -OCH3 is 1. The zero-order valence-electron chi connectivity index (χ0n) is 12.6. The highest BCUT2D eigenvalue weighted by molar-refractivity contribution is 6.31. The van der Waals surface area contributed by atoms with Crippen molar-refractivity contribution >= 4 is 17.3 Å². The maximum Gasteiger partial charge on any atom is 0.0635 e. The molecule has 2 N–H and O–H groups in total. The van der Waals surface area contributed by atoms with Crippen LogP contribution in [0.5, 0.6) is 0 Å². The average Bonchev–Trinajstić information content (AvgIpc) is 2.52. The molecule has 0 aliphatic carbocycles. The van der Waals surface area contributed by atoms with E-state index in [1.165, 1.54) is 12.8 Å². The Morgan fingerprint density at radius 3 is 3.05 bits per heavy atom. The molecule has 1 heterocycles. The summed E-state index contributed by atoms with van der Waals surface area (Å²) in [5.74, 6) is 0. The Balaban J connectivity index is 2.15. The summed E-state index contributed by atoms with van der Waals surface area (Å²) >= 11 is 6.39. The van der Waals surface area contributed by atoms with E-state index in [2.05, 4.69) is 16.3 Å². The normalized spacial score (nSPS) is 19.0. The van der Waals surface area contributed by atoms with Gasteiger partial charge in [-0.1, -0.05) is 17.7 Å². The number of aliphatic hydroxyl groups is 1. The molecular weight excluding hydrogens is 288 g/mol. The molecular formula is C16H25ClN2O2. The summed E-state index contributed by atoms with van der Waals surface area (Å²) < 4.78 is 5.05. The standard InChI is InChI=1S/C16H25ClN2O2/c1-21-10-8-18-11-14-15(17)6-4-7-16(14)19-9-3-2-5-13(19)12-20/h4,6-7,13,18,20H,2-3,5,8-12H2,1H3. The van der Waals surface area contributed by atoms with Gasteiger partial charge in [-0.2, -0.15) is 0 Å². The highest BCUT2D eigenvalue weighted by Gasteiger charge is 2.24. The van der Waals surface area contributed by atoms with Gasteiger partial charge in [-0.15, -0.1) is 0 Å². The summed E-state index contributed by atoms with van der Waals surface area (Å²) in [6.07, 6.45) is 3.39. The molecule has 1 atom stereocenters. The van der Waals surface area contributed by atoms with Gasteiger partial charge < -0.3 is 20.1 Å². The number of ether oxygens (including phenoxy) is 1. The Morgan fingerprint density at radius 2 is 2.29 bits per heavy atom. The molecule has 0 radical (unpaired) electrons. The quantitative estimate of drug-likeness (QED) is 0.759. The molecule has 1 fully saturated rings. The van der Waals surface area contributed by atoms with Crippen molar-refractivity contribution in [3.63, 3.8) is 0 Å². The average molecular weight is 313 g/mol. The van der Waals surface area contributed by atoms with Crippen LogP contribution < -0.4 is 10.2 Å². The number of hydrogen-bond acceptors (Lipinski definition) is 4. The second-order valence-electron chi connectivity index (χ2n) is 5.43. The Morgan fingerprint density at radius 1 is 1.43 bits per heavy atom. The number of nitrogens with zero attached hydrogens (tertiary/aromatic N) is 1. The van der Waals surface area contributed by atoms with E-state index in [9.17, 15) is 5.11 Å². The molecule has 1 aromatic carbocycles. The number of halogens is 1. The number of anilines is 1. The molecule has 1 aromatic rings. The number of hydrogen-bond donors (Lipinski definition) is 2. The third-order valence-electron chi connectivity index (χ3n) is 4.03. The Kier molecular flexibility index (Phi) is 6.77. The minimum atomic E-state index is 0.197. The van der Waals surface area contributed by atoms with Crippen LogP contribution >= 0.6 is 11.6 Å². The summed E-state index contributed by atoms with van der Waals surface area (Å²) in [7, 11) is 1.70. The summed E-state index contributed by atoms with van der Waals surface area (Å²) in [6.45, 7) is 3.38. The Hall–Kier alpha value is -0.810. The second kappa shape index (κ2) is 8.59. The van der Waals surface area contributed by atoms with Crippen LogP contribution in [0.4, 0.5) is 5.69 Å². The zero-order valence-corrected chi connectivity index (χ0v) is 13.4. The molecule has 2 rings (SSSR count). The van der Waals surface area contributed by atoms with Gasteiger partial charge >= 0.3 is 0 Å². The molecule has 0 aromatic heterocycles. The summed E-state index contributed by atoms with van der Waals surface area (Å²) in [6, 6.07) is 6.22. The number of nitrogens with one attached hydrogen (secondary N) is 1. The minimum Gasteiger partial charge on any atom is -0.394 e. The number of benzene rings is 1. The largest absolute Gasteiger partial charge is 0.394 e. The van der Waals surface area contributed by atoms with Crippen LogP contribution in [-0.4, -0.2) is 44.6 Å². The Labute approximate surface area is 132 Å². The van der Waals surface area contributed by atoms with E-state index in [1.807, 2.05) is 12.1 Å². The van der Waals surface area contributed by atoms with Gasteiger partial charge in [0.15, 0.2) is 0 Å². The first-order chi connectivity index (χ1) is 10.3. The van der Waals surface area contributed by atoms with Gasteiger partial charge in [0, 0.05) is 43.0 Å². The molecule has 0 bridgehead atoms. The third kappa shape index (κ3) is 4.33. The zero-order chi connectivity index (χ0) is 15.1. The van der Waals surface area contributed by atoms with Crippen molar-refractivity contribution < 1.29 is 9.84 Å². The molecule has 118 valence electrons. The lowest BCUT2D eigenvalue weighted by atomic mass is 10.00. The molecule has 0 spiro atoms. The van der Waals surface area contributed by atoms with Crippen molar-refractivity contribution in [2.24, 2.45) is 0 Å². The van der Waals surface area contributed by atoms with Crippen LogP contribution in [0, 0.1) is 0 Å². The lowest BCUT2D eigenvalue weighted by Crippen LogP contribution is -2.42. The van der Waals surface area contributed by atoms with E-state index in [0.29, 0.717) is 13.2 Å². The molecule has 21 heavy (non-hydrogen) atoms. The van der Waals surface area contributed by atoms with Crippen LogP contribution in [0.1, 0.15) is 24.8 Å². The fraction of sp³-hybridized carbons (Fsp3) is 0.625. The first kappa shape index (κ1) is 16.6. The maximum absolute atomic E-state index is 9.62. The van der Waals surface area contributed by atoms with E-state index >= 15 is 0 Å². The molecule has 1 unspecified atom stereocenters. The lowest BCUT2D eigenvalue weighted by molar-refractivity contribution is 0.199. The third-order valence-corrected chi connectivity index (χ3v) is 4.38. The van der Waals surface area contributed by atoms with Crippen molar-refractivity contribution in [2.45, 2.75) is 31.8 Å². The van der Waals surface area contributed by atoms with Crippen LogP contribution in [0.2, 0.25) is 5.02 Å².